The zero-order chi connectivity index (χ0) is 22.1. The molecule has 158 valence electrons. The van der Waals surface area contributed by atoms with Gasteiger partial charge < -0.3 is 15.2 Å². The van der Waals surface area contributed by atoms with Crippen molar-refractivity contribution in [3.63, 3.8) is 0 Å². The Labute approximate surface area is 180 Å². The topological polar surface area (TPSA) is 102 Å². The van der Waals surface area contributed by atoms with E-state index in [4.69, 9.17) is 4.74 Å². The minimum absolute atomic E-state index is 0.0934. The molecule has 0 spiro atoms. The summed E-state index contributed by atoms with van der Waals surface area (Å²) in [5.41, 5.74) is 1.87. The van der Waals surface area contributed by atoms with E-state index in [0.29, 0.717) is 34.0 Å². The van der Waals surface area contributed by atoms with Gasteiger partial charge in [-0.3, -0.25) is 14.2 Å². The van der Waals surface area contributed by atoms with Crippen LogP contribution in [0.25, 0.3) is 16.6 Å². The smallest absolute Gasteiger partial charge is 0.257 e. The highest BCUT2D eigenvalue weighted by Crippen LogP contribution is 2.27. The Morgan fingerprint density at radius 1 is 1.09 bits per heavy atom. The number of nitrogens with zero attached hydrogens (tertiary/aromatic N) is 4. The largest absolute Gasteiger partial charge is 0.508 e. The maximum atomic E-state index is 13.4. The summed E-state index contributed by atoms with van der Waals surface area (Å²) in [6.07, 6.45) is 3.19. The van der Waals surface area contributed by atoms with Gasteiger partial charge in [0.15, 0.2) is 11.5 Å². The van der Waals surface area contributed by atoms with E-state index in [1.54, 1.807) is 59.3 Å². The van der Waals surface area contributed by atoms with Crippen LogP contribution in [-0.2, 0) is 6.61 Å². The fourth-order valence-electron chi connectivity index (χ4n) is 3.32. The van der Waals surface area contributed by atoms with Gasteiger partial charge in [0.2, 0.25) is 0 Å². The van der Waals surface area contributed by atoms with Crippen molar-refractivity contribution in [2.45, 2.75) is 6.61 Å². The maximum Gasteiger partial charge on any atom is 0.257 e. The van der Waals surface area contributed by atoms with Gasteiger partial charge in [0.1, 0.15) is 23.9 Å². The lowest BCUT2D eigenvalue weighted by atomic mass is 10.2. The molecule has 2 N–H and O–H groups in total. The van der Waals surface area contributed by atoms with E-state index in [1.165, 1.54) is 18.2 Å². The first-order valence-electron chi connectivity index (χ1n) is 9.68. The lowest BCUT2D eigenvalue weighted by Gasteiger charge is -2.09. The predicted octanol–water partition coefficient (Wildman–Crippen LogP) is 3.95. The van der Waals surface area contributed by atoms with Crippen LogP contribution in [-0.4, -0.2) is 30.6 Å². The summed E-state index contributed by atoms with van der Waals surface area (Å²) in [5, 5.41) is 21.3. The van der Waals surface area contributed by atoms with Crippen LogP contribution in [0.1, 0.15) is 16.2 Å². The quantitative estimate of drug-likeness (QED) is 0.439. The number of phenols is 1. The van der Waals surface area contributed by atoms with Gasteiger partial charge in [-0.15, -0.1) is 10.2 Å². The molecule has 1 amide bonds. The first-order chi connectivity index (χ1) is 15.6. The Morgan fingerprint density at radius 2 is 2.00 bits per heavy atom. The number of rotatable bonds is 5. The average Bonchev–Trinajstić information content (AvgIpc) is 3.19. The number of fused-ring (bicyclic) bond motifs is 2. The lowest BCUT2D eigenvalue weighted by molar-refractivity contribution is 0.102. The number of pyridine rings is 2. The zero-order valence-corrected chi connectivity index (χ0v) is 16.6. The molecule has 9 heteroatoms. The summed E-state index contributed by atoms with van der Waals surface area (Å²) < 4.78 is 21.0. The molecule has 0 saturated carbocycles. The summed E-state index contributed by atoms with van der Waals surface area (Å²) in [6, 6.07) is 15.5. The Morgan fingerprint density at radius 3 is 2.88 bits per heavy atom. The van der Waals surface area contributed by atoms with Gasteiger partial charge in [0, 0.05) is 29.5 Å². The molecule has 3 aromatic heterocycles. The first kappa shape index (κ1) is 19.4. The number of hydrogen-bond acceptors (Lipinski definition) is 6. The molecule has 0 aliphatic rings. The van der Waals surface area contributed by atoms with Gasteiger partial charge in [-0.2, -0.15) is 0 Å². The molecule has 5 aromatic rings. The summed E-state index contributed by atoms with van der Waals surface area (Å²) in [5.74, 6) is 0.360. The normalized spacial score (nSPS) is 11.0. The molecule has 0 aliphatic heterocycles. The van der Waals surface area contributed by atoms with Crippen LogP contribution in [0.2, 0.25) is 0 Å². The highest BCUT2D eigenvalue weighted by Gasteiger charge is 2.13. The molecule has 0 bridgehead atoms. The van der Waals surface area contributed by atoms with Crippen molar-refractivity contribution < 1.29 is 19.0 Å². The molecular weight excluding hydrogens is 413 g/mol. The van der Waals surface area contributed by atoms with Crippen molar-refractivity contribution in [1.82, 2.24) is 19.6 Å². The van der Waals surface area contributed by atoms with E-state index in [2.05, 4.69) is 20.5 Å². The number of nitrogens with one attached hydrogen (secondary N) is 1. The number of amides is 1. The minimum atomic E-state index is -0.435. The van der Waals surface area contributed by atoms with Crippen molar-refractivity contribution in [2.24, 2.45) is 0 Å². The molecule has 0 fully saturated rings. The Balaban J connectivity index is 1.39. The second kappa shape index (κ2) is 7.95. The molecule has 3 heterocycles. The molecule has 0 saturated heterocycles. The fraction of sp³-hybridized carbons (Fsp3) is 0.0435. The van der Waals surface area contributed by atoms with Crippen LogP contribution in [0.15, 0.2) is 73.1 Å². The monoisotopic (exact) mass is 429 g/mol. The molecule has 0 atom stereocenters. The predicted molar refractivity (Wildman–Crippen MR) is 115 cm³/mol. The third-order valence-corrected chi connectivity index (χ3v) is 4.86. The zero-order valence-electron chi connectivity index (χ0n) is 16.6. The SMILES string of the molecule is O=C(Nc1cccc(F)c1)c1ccc2nnc(COc3ccnc4cc(O)ccc34)n2c1. The molecule has 2 aromatic carbocycles. The van der Waals surface area contributed by atoms with Crippen LogP contribution >= 0.6 is 0 Å². The van der Waals surface area contributed by atoms with Crippen molar-refractivity contribution in [2.75, 3.05) is 5.32 Å². The third-order valence-electron chi connectivity index (χ3n) is 4.86. The van der Waals surface area contributed by atoms with Crippen molar-refractivity contribution in [3.05, 3.63) is 90.3 Å². The van der Waals surface area contributed by atoms with Gasteiger partial charge in [-0.05, 0) is 48.5 Å². The van der Waals surface area contributed by atoms with Crippen molar-refractivity contribution in [3.8, 4) is 11.5 Å². The van der Waals surface area contributed by atoms with Crippen LogP contribution in [0, 0.1) is 5.82 Å². The maximum absolute atomic E-state index is 13.4. The second-order valence-corrected chi connectivity index (χ2v) is 7.03. The lowest BCUT2D eigenvalue weighted by Crippen LogP contribution is -2.13. The van der Waals surface area contributed by atoms with E-state index >= 15 is 0 Å². The number of halogens is 1. The number of carbonyl (C=O) groups is 1. The first-order valence-corrected chi connectivity index (χ1v) is 9.68. The number of hydrogen-bond donors (Lipinski definition) is 2. The molecular formula is C23H16FN5O3. The van der Waals surface area contributed by atoms with Crippen LogP contribution in [0.5, 0.6) is 11.5 Å². The summed E-state index contributed by atoms with van der Waals surface area (Å²) in [6.45, 7) is 0.0934. The third kappa shape index (κ3) is 3.79. The number of carbonyl (C=O) groups excluding carboxylic acids is 1. The summed E-state index contributed by atoms with van der Waals surface area (Å²) in [4.78, 5) is 16.8. The van der Waals surface area contributed by atoms with E-state index in [-0.39, 0.29) is 12.4 Å². The van der Waals surface area contributed by atoms with Crippen LogP contribution in [0.4, 0.5) is 10.1 Å². The second-order valence-electron chi connectivity index (χ2n) is 7.03. The molecule has 0 unspecified atom stereocenters. The molecule has 32 heavy (non-hydrogen) atoms. The number of aromatic hydroxyl groups is 1. The highest BCUT2D eigenvalue weighted by atomic mass is 19.1. The number of ether oxygens (including phenoxy) is 1. The number of benzene rings is 2. The van der Waals surface area contributed by atoms with Crippen molar-refractivity contribution >= 4 is 28.1 Å². The Kier molecular flexibility index (Phi) is 4.83. The highest BCUT2D eigenvalue weighted by molar-refractivity contribution is 6.04. The van der Waals surface area contributed by atoms with Gasteiger partial charge >= 0.3 is 0 Å². The number of anilines is 1. The number of aromatic nitrogens is 4. The van der Waals surface area contributed by atoms with Crippen molar-refractivity contribution in [1.29, 1.82) is 0 Å². The Bertz CT molecular complexity index is 1470. The van der Waals surface area contributed by atoms with E-state index in [0.717, 1.165) is 5.39 Å². The van der Waals surface area contributed by atoms with Gasteiger partial charge in [0.05, 0.1) is 11.1 Å². The summed E-state index contributed by atoms with van der Waals surface area (Å²) in [7, 11) is 0. The van der Waals surface area contributed by atoms with Gasteiger partial charge in [-0.25, -0.2) is 4.39 Å². The molecule has 0 radical (unpaired) electrons. The minimum Gasteiger partial charge on any atom is -0.508 e. The van der Waals surface area contributed by atoms with Crippen LogP contribution < -0.4 is 10.1 Å². The van der Waals surface area contributed by atoms with E-state index in [1.807, 2.05) is 0 Å². The van der Waals surface area contributed by atoms with Gasteiger partial charge in [0.25, 0.3) is 5.91 Å². The van der Waals surface area contributed by atoms with Crippen LogP contribution in [0.3, 0.4) is 0 Å². The van der Waals surface area contributed by atoms with E-state index in [9.17, 15) is 14.3 Å². The van der Waals surface area contributed by atoms with Gasteiger partial charge in [-0.1, -0.05) is 6.07 Å². The standard InChI is InChI=1S/C23H16FN5O3/c24-15-2-1-3-16(10-15)26-23(31)14-4-7-21-27-28-22(29(21)12-14)13-32-20-8-9-25-19-11-17(30)5-6-18(19)20/h1-12,30H,13H2,(H,26,31). The average molecular weight is 429 g/mol. The summed E-state index contributed by atoms with van der Waals surface area (Å²) >= 11 is 0. The Hall–Kier alpha value is -4.53. The number of phenolic OH excluding ortho intramolecular Hbond substituents is 1. The van der Waals surface area contributed by atoms with E-state index < -0.39 is 11.7 Å². The molecule has 5 rings (SSSR count). The molecule has 8 nitrogen and oxygen atoms in total. The molecule has 0 aliphatic carbocycles. The fourth-order valence-corrected chi connectivity index (χ4v) is 3.32.